The zero-order chi connectivity index (χ0) is 11.6. The molecule has 0 amide bonds. The minimum atomic E-state index is 0.667. The topological polar surface area (TPSA) is 27.7 Å². The van der Waals surface area contributed by atoms with Crippen LogP contribution in [0.2, 0.25) is 0 Å². The molecule has 1 aromatic rings. The van der Waals surface area contributed by atoms with Gasteiger partial charge in [-0.15, -0.1) is 0 Å². The van der Waals surface area contributed by atoms with Crippen LogP contribution in [0.3, 0.4) is 0 Å². The molecule has 0 unspecified atom stereocenters. The van der Waals surface area contributed by atoms with Crippen LogP contribution in [0.1, 0.15) is 22.3 Å². The second-order valence-electron chi connectivity index (χ2n) is 3.61. The first-order valence-corrected chi connectivity index (χ1v) is 4.89. The van der Waals surface area contributed by atoms with Crippen molar-refractivity contribution < 1.29 is 14.5 Å². The molecule has 0 heterocycles. The quantitative estimate of drug-likeness (QED) is 0.567. The molecule has 3 heteroatoms. The molecule has 3 nitrogen and oxygen atoms in total. The summed E-state index contributed by atoms with van der Waals surface area (Å²) in [6, 6.07) is 0. The highest BCUT2D eigenvalue weighted by Gasteiger charge is 2.17. The van der Waals surface area contributed by atoms with E-state index in [1.807, 2.05) is 13.8 Å². The van der Waals surface area contributed by atoms with E-state index in [4.69, 9.17) is 14.5 Å². The fourth-order valence-electron chi connectivity index (χ4n) is 1.67. The number of rotatable bonds is 3. The van der Waals surface area contributed by atoms with Crippen LogP contribution in [-0.4, -0.2) is 14.2 Å². The van der Waals surface area contributed by atoms with E-state index in [1.54, 1.807) is 7.11 Å². The molecule has 1 aromatic carbocycles. The van der Waals surface area contributed by atoms with Gasteiger partial charge in [0.05, 0.1) is 14.2 Å². The molecule has 15 heavy (non-hydrogen) atoms. The van der Waals surface area contributed by atoms with Crippen LogP contribution in [-0.2, 0) is 4.89 Å². The Morgan fingerprint density at radius 3 is 1.53 bits per heavy atom. The van der Waals surface area contributed by atoms with E-state index in [2.05, 4.69) is 13.8 Å². The maximum Gasteiger partial charge on any atom is 0.210 e. The third-order valence-corrected chi connectivity index (χ3v) is 2.95. The fraction of sp³-hybridized carbons (Fsp3) is 0.500. The van der Waals surface area contributed by atoms with Crippen LogP contribution in [0, 0.1) is 27.7 Å². The lowest BCUT2D eigenvalue weighted by Crippen LogP contribution is -2.03. The summed E-state index contributed by atoms with van der Waals surface area (Å²) in [4.78, 5) is 9.87. The molecule has 0 aliphatic carbocycles. The van der Waals surface area contributed by atoms with E-state index >= 15 is 0 Å². The van der Waals surface area contributed by atoms with Crippen molar-refractivity contribution in [3.63, 3.8) is 0 Å². The molecule has 0 bridgehead atoms. The van der Waals surface area contributed by atoms with E-state index in [1.165, 1.54) is 18.2 Å². The molecule has 0 saturated heterocycles. The number of methoxy groups -OCH3 is 1. The summed E-state index contributed by atoms with van der Waals surface area (Å²) < 4.78 is 5.34. The fourth-order valence-corrected chi connectivity index (χ4v) is 1.67. The van der Waals surface area contributed by atoms with Gasteiger partial charge in [-0.05, 0) is 44.4 Å². The highest BCUT2D eigenvalue weighted by atomic mass is 17.2. The summed E-state index contributed by atoms with van der Waals surface area (Å²) in [5.41, 5.74) is 4.58. The van der Waals surface area contributed by atoms with Crippen LogP contribution >= 0.6 is 0 Å². The normalized spacial score (nSPS) is 10.3. The van der Waals surface area contributed by atoms with Gasteiger partial charge in [-0.25, -0.2) is 0 Å². The Morgan fingerprint density at radius 2 is 1.13 bits per heavy atom. The summed E-state index contributed by atoms with van der Waals surface area (Å²) in [5.74, 6) is 1.41. The Hall–Kier alpha value is -1.22. The van der Waals surface area contributed by atoms with E-state index in [0.717, 1.165) is 16.9 Å². The highest BCUT2D eigenvalue weighted by molar-refractivity contribution is 5.58. The van der Waals surface area contributed by atoms with Crippen LogP contribution in [0.4, 0.5) is 0 Å². The second-order valence-corrected chi connectivity index (χ2v) is 3.61. The standard InChI is InChI=1S/C12H18O3/c1-7-8(2)10(4)12(15-14-6)11(13-5)9(7)3/h1-6H3. The van der Waals surface area contributed by atoms with E-state index in [9.17, 15) is 0 Å². The maximum atomic E-state index is 5.34. The molecule has 0 fully saturated rings. The number of hydrogen-bond donors (Lipinski definition) is 0. The summed E-state index contributed by atoms with van der Waals surface area (Å²) in [6.07, 6.45) is 0. The van der Waals surface area contributed by atoms with Crippen molar-refractivity contribution in [3.05, 3.63) is 22.3 Å². The molecule has 84 valence electrons. The van der Waals surface area contributed by atoms with Gasteiger partial charge < -0.3 is 9.62 Å². The van der Waals surface area contributed by atoms with Gasteiger partial charge in [0.25, 0.3) is 0 Å². The van der Waals surface area contributed by atoms with Crippen molar-refractivity contribution in [1.82, 2.24) is 0 Å². The first-order valence-electron chi connectivity index (χ1n) is 4.89. The summed E-state index contributed by atoms with van der Waals surface area (Å²) in [7, 11) is 3.13. The van der Waals surface area contributed by atoms with Gasteiger partial charge in [-0.3, -0.25) is 0 Å². The average Bonchev–Trinajstić information content (AvgIpc) is 2.24. The van der Waals surface area contributed by atoms with Crippen molar-refractivity contribution in [1.29, 1.82) is 0 Å². The molecule has 0 aromatic heterocycles. The van der Waals surface area contributed by atoms with E-state index in [-0.39, 0.29) is 0 Å². The molecule has 0 spiro atoms. The van der Waals surface area contributed by atoms with Gasteiger partial charge >= 0.3 is 0 Å². The molecular formula is C12H18O3. The van der Waals surface area contributed by atoms with Crippen LogP contribution < -0.4 is 9.62 Å². The summed E-state index contributed by atoms with van der Waals surface area (Å²) in [6.45, 7) is 8.16. The molecule has 0 N–H and O–H groups in total. The summed E-state index contributed by atoms with van der Waals surface area (Å²) >= 11 is 0. The van der Waals surface area contributed by atoms with Gasteiger partial charge in [-0.1, -0.05) is 0 Å². The first-order chi connectivity index (χ1) is 7.04. The Morgan fingerprint density at radius 1 is 0.667 bits per heavy atom. The Kier molecular flexibility index (Phi) is 3.58. The Labute approximate surface area is 90.9 Å². The third-order valence-electron chi connectivity index (χ3n) is 2.95. The smallest absolute Gasteiger partial charge is 0.210 e. The molecule has 0 radical (unpaired) electrons. The van der Waals surface area contributed by atoms with Gasteiger partial charge in [-0.2, -0.15) is 4.89 Å². The van der Waals surface area contributed by atoms with Crippen LogP contribution in [0.15, 0.2) is 0 Å². The number of ether oxygens (including phenoxy) is 1. The van der Waals surface area contributed by atoms with Gasteiger partial charge in [0.15, 0.2) is 5.75 Å². The maximum absolute atomic E-state index is 5.34. The lowest BCUT2D eigenvalue weighted by atomic mass is 9.97. The van der Waals surface area contributed by atoms with Crippen molar-refractivity contribution in [2.45, 2.75) is 27.7 Å². The minimum absolute atomic E-state index is 0.667. The molecule has 0 saturated carbocycles. The lowest BCUT2D eigenvalue weighted by Gasteiger charge is -2.17. The average molecular weight is 210 g/mol. The number of hydrogen-bond acceptors (Lipinski definition) is 3. The van der Waals surface area contributed by atoms with Crippen molar-refractivity contribution in [2.24, 2.45) is 0 Å². The van der Waals surface area contributed by atoms with Gasteiger partial charge in [0.2, 0.25) is 5.75 Å². The predicted octanol–water partition coefficient (Wildman–Crippen LogP) is 2.87. The second kappa shape index (κ2) is 4.53. The van der Waals surface area contributed by atoms with Crippen LogP contribution in [0.25, 0.3) is 0 Å². The minimum Gasteiger partial charge on any atom is -0.492 e. The molecule has 1 rings (SSSR count). The van der Waals surface area contributed by atoms with Crippen molar-refractivity contribution >= 4 is 0 Å². The monoisotopic (exact) mass is 210 g/mol. The largest absolute Gasteiger partial charge is 0.492 e. The van der Waals surface area contributed by atoms with E-state index < -0.39 is 0 Å². The lowest BCUT2D eigenvalue weighted by molar-refractivity contribution is -0.179. The van der Waals surface area contributed by atoms with Crippen molar-refractivity contribution in [3.8, 4) is 11.5 Å². The van der Waals surface area contributed by atoms with Crippen molar-refractivity contribution in [2.75, 3.05) is 14.2 Å². The van der Waals surface area contributed by atoms with Gasteiger partial charge in [0.1, 0.15) is 0 Å². The van der Waals surface area contributed by atoms with E-state index in [0.29, 0.717) is 5.75 Å². The SMILES string of the molecule is COOc1c(C)c(C)c(C)c(C)c1OC. The zero-order valence-corrected chi connectivity index (χ0v) is 10.2. The molecule has 0 atom stereocenters. The summed E-state index contributed by atoms with van der Waals surface area (Å²) in [5, 5.41) is 0. The third kappa shape index (κ3) is 1.92. The molecular weight excluding hydrogens is 192 g/mol. The molecule has 0 aliphatic rings. The molecule has 0 aliphatic heterocycles. The van der Waals surface area contributed by atoms with Gasteiger partial charge in [0, 0.05) is 5.56 Å². The number of benzene rings is 1. The highest BCUT2D eigenvalue weighted by Crippen LogP contribution is 2.38. The first kappa shape index (κ1) is 11.9. The Bertz CT molecular complexity index is 370. The Balaban J connectivity index is 3.47. The van der Waals surface area contributed by atoms with Crippen LogP contribution in [0.5, 0.6) is 11.5 Å². The zero-order valence-electron chi connectivity index (χ0n) is 10.2. The predicted molar refractivity (Wildman–Crippen MR) is 59.6 cm³/mol.